The molecule has 35 heavy (non-hydrogen) atoms. The second kappa shape index (κ2) is 11.0. The SMILES string of the molecule is CC(C)[C@]1(C)CC(=O)N(Cc2cc(F)cc(C(=O)NC(CCN(C)C)c3ccccc3)c2)C(N)=N1. The zero-order chi connectivity index (χ0) is 25.8. The Morgan fingerprint density at radius 1 is 1.23 bits per heavy atom. The van der Waals surface area contributed by atoms with Gasteiger partial charge in [0.25, 0.3) is 5.91 Å². The zero-order valence-corrected chi connectivity index (χ0v) is 21.2. The number of guanidine groups is 1. The molecule has 1 heterocycles. The van der Waals surface area contributed by atoms with Crippen molar-refractivity contribution in [1.82, 2.24) is 15.1 Å². The van der Waals surface area contributed by atoms with Crippen LogP contribution in [0, 0.1) is 11.7 Å². The number of nitrogens with two attached hydrogens (primary N) is 1. The van der Waals surface area contributed by atoms with Crippen LogP contribution in [0.2, 0.25) is 0 Å². The van der Waals surface area contributed by atoms with E-state index >= 15 is 0 Å². The molecule has 0 saturated carbocycles. The van der Waals surface area contributed by atoms with Crippen molar-refractivity contribution in [1.29, 1.82) is 0 Å². The largest absolute Gasteiger partial charge is 0.369 e. The van der Waals surface area contributed by atoms with Gasteiger partial charge in [0.2, 0.25) is 5.91 Å². The van der Waals surface area contributed by atoms with Crippen molar-refractivity contribution in [2.24, 2.45) is 16.6 Å². The molecule has 0 aliphatic carbocycles. The third-order valence-electron chi connectivity index (χ3n) is 6.63. The molecule has 0 radical (unpaired) electrons. The van der Waals surface area contributed by atoms with Crippen molar-refractivity contribution in [3.8, 4) is 0 Å². The van der Waals surface area contributed by atoms with Crippen LogP contribution in [0.3, 0.4) is 0 Å². The molecule has 1 aliphatic heterocycles. The number of aliphatic imine (C=N–C) groups is 1. The Bertz CT molecular complexity index is 1090. The monoisotopic (exact) mass is 481 g/mol. The first kappa shape index (κ1) is 26.3. The highest BCUT2D eigenvalue weighted by Crippen LogP contribution is 2.30. The minimum absolute atomic E-state index is 0.0448. The van der Waals surface area contributed by atoms with Crippen LogP contribution in [0.5, 0.6) is 0 Å². The van der Waals surface area contributed by atoms with Crippen molar-refractivity contribution in [2.45, 2.75) is 51.7 Å². The number of nitrogens with one attached hydrogen (secondary N) is 1. The summed E-state index contributed by atoms with van der Waals surface area (Å²) in [5, 5.41) is 3.04. The maximum absolute atomic E-state index is 14.5. The molecule has 1 unspecified atom stereocenters. The normalized spacial score (nSPS) is 19.1. The number of benzene rings is 2. The third-order valence-corrected chi connectivity index (χ3v) is 6.63. The lowest BCUT2D eigenvalue weighted by atomic mass is 9.84. The van der Waals surface area contributed by atoms with E-state index < -0.39 is 11.4 Å². The molecule has 0 spiro atoms. The summed E-state index contributed by atoms with van der Waals surface area (Å²) in [6.45, 7) is 6.73. The summed E-state index contributed by atoms with van der Waals surface area (Å²) in [6, 6.07) is 13.6. The minimum Gasteiger partial charge on any atom is -0.369 e. The third kappa shape index (κ3) is 6.66. The average molecular weight is 482 g/mol. The lowest BCUT2D eigenvalue weighted by Crippen LogP contribution is -2.51. The Morgan fingerprint density at radius 3 is 2.51 bits per heavy atom. The van der Waals surface area contributed by atoms with Crippen LogP contribution in [-0.2, 0) is 11.3 Å². The van der Waals surface area contributed by atoms with Crippen LogP contribution in [0.1, 0.15) is 61.1 Å². The molecule has 2 atom stereocenters. The number of amides is 2. The summed E-state index contributed by atoms with van der Waals surface area (Å²) in [7, 11) is 3.95. The van der Waals surface area contributed by atoms with E-state index in [1.807, 2.05) is 70.1 Å². The predicted molar refractivity (Wildman–Crippen MR) is 136 cm³/mol. The first-order valence-corrected chi connectivity index (χ1v) is 11.9. The van der Waals surface area contributed by atoms with E-state index in [4.69, 9.17) is 5.73 Å². The van der Waals surface area contributed by atoms with Gasteiger partial charge in [-0.2, -0.15) is 0 Å². The van der Waals surface area contributed by atoms with Crippen molar-refractivity contribution in [3.63, 3.8) is 0 Å². The summed E-state index contributed by atoms with van der Waals surface area (Å²) in [6.07, 6.45) is 0.924. The van der Waals surface area contributed by atoms with E-state index in [0.29, 0.717) is 12.0 Å². The first-order chi connectivity index (χ1) is 16.5. The smallest absolute Gasteiger partial charge is 0.251 e. The maximum Gasteiger partial charge on any atom is 0.251 e. The fourth-order valence-electron chi connectivity index (χ4n) is 4.09. The zero-order valence-electron chi connectivity index (χ0n) is 21.2. The van der Waals surface area contributed by atoms with Gasteiger partial charge in [0, 0.05) is 5.56 Å². The Kier molecular flexibility index (Phi) is 8.27. The summed E-state index contributed by atoms with van der Waals surface area (Å²) in [4.78, 5) is 33.9. The van der Waals surface area contributed by atoms with Crippen LogP contribution >= 0.6 is 0 Å². The Hall–Kier alpha value is -3.26. The molecule has 0 aromatic heterocycles. The molecule has 0 saturated heterocycles. The lowest BCUT2D eigenvalue weighted by molar-refractivity contribution is -0.130. The number of rotatable bonds is 9. The Labute approximate surface area is 207 Å². The Balaban J connectivity index is 1.81. The van der Waals surface area contributed by atoms with Gasteiger partial charge in [0.05, 0.1) is 24.5 Å². The molecule has 3 N–H and O–H groups in total. The van der Waals surface area contributed by atoms with E-state index in [2.05, 4.69) is 10.3 Å². The molecule has 8 heteroatoms. The number of hydrogen-bond acceptors (Lipinski definition) is 5. The highest BCUT2D eigenvalue weighted by atomic mass is 19.1. The summed E-state index contributed by atoms with van der Waals surface area (Å²) in [5.41, 5.74) is 7.21. The molecule has 2 amide bonds. The van der Waals surface area contributed by atoms with Gasteiger partial charge in [0.1, 0.15) is 5.82 Å². The van der Waals surface area contributed by atoms with Gasteiger partial charge in [-0.25, -0.2) is 9.38 Å². The quantitative estimate of drug-likeness (QED) is 0.571. The molecule has 2 aromatic rings. The number of nitrogens with zero attached hydrogens (tertiary/aromatic N) is 3. The minimum atomic E-state index is -0.566. The second-order valence-electron chi connectivity index (χ2n) is 10.0. The lowest BCUT2D eigenvalue weighted by Gasteiger charge is -2.37. The molecule has 2 aromatic carbocycles. The van der Waals surface area contributed by atoms with E-state index in [1.54, 1.807) is 6.07 Å². The number of halogens is 1. The standard InChI is InChI=1S/C27H36FN5O2/c1-18(2)27(3)16-24(34)33(26(29)31-27)17-19-13-21(15-22(28)14-19)25(35)30-23(11-12-32(4)5)20-9-7-6-8-10-20/h6-10,13-15,18,23H,11-12,16-17H2,1-5H3,(H2,29,31)(H,30,35)/t23?,27-/m0/s1. The van der Waals surface area contributed by atoms with Crippen molar-refractivity contribution < 1.29 is 14.0 Å². The van der Waals surface area contributed by atoms with E-state index in [0.717, 1.165) is 12.1 Å². The van der Waals surface area contributed by atoms with Crippen LogP contribution in [-0.4, -0.2) is 53.8 Å². The number of hydrogen-bond donors (Lipinski definition) is 2. The van der Waals surface area contributed by atoms with Crippen molar-refractivity contribution in [3.05, 3.63) is 71.0 Å². The molecule has 0 bridgehead atoms. The number of carbonyl (C=O) groups is 2. The fraction of sp³-hybridized carbons (Fsp3) is 0.444. The van der Waals surface area contributed by atoms with Gasteiger partial charge in [-0.05, 0) is 69.2 Å². The van der Waals surface area contributed by atoms with E-state index in [-0.39, 0.29) is 48.3 Å². The van der Waals surface area contributed by atoms with Gasteiger partial charge in [0.15, 0.2) is 5.96 Å². The Morgan fingerprint density at radius 2 is 1.91 bits per heavy atom. The molecule has 0 fully saturated rings. The molecule has 3 rings (SSSR count). The molecule has 188 valence electrons. The van der Waals surface area contributed by atoms with Crippen LogP contribution < -0.4 is 11.1 Å². The van der Waals surface area contributed by atoms with Crippen molar-refractivity contribution >= 4 is 17.8 Å². The van der Waals surface area contributed by atoms with Crippen LogP contribution in [0.15, 0.2) is 53.5 Å². The summed E-state index contributed by atoms with van der Waals surface area (Å²) >= 11 is 0. The van der Waals surface area contributed by atoms with Gasteiger partial charge in [-0.3, -0.25) is 14.5 Å². The van der Waals surface area contributed by atoms with Crippen LogP contribution in [0.4, 0.5) is 4.39 Å². The fourth-order valence-corrected chi connectivity index (χ4v) is 4.09. The van der Waals surface area contributed by atoms with Gasteiger partial charge < -0.3 is 16.0 Å². The highest BCUT2D eigenvalue weighted by molar-refractivity contribution is 5.99. The molecule has 7 nitrogen and oxygen atoms in total. The molecule has 1 aliphatic rings. The van der Waals surface area contributed by atoms with Crippen LogP contribution in [0.25, 0.3) is 0 Å². The summed E-state index contributed by atoms with van der Waals surface area (Å²) < 4.78 is 14.5. The molecular formula is C27H36FN5O2. The molecular weight excluding hydrogens is 445 g/mol. The first-order valence-electron chi connectivity index (χ1n) is 11.9. The average Bonchev–Trinajstić information content (AvgIpc) is 2.79. The summed E-state index contributed by atoms with van der Waals surface area (Å²) in [5.74, 6) is -0.847. The highest BCUT2D eigenvalue weighted by Gasteiger charge is 2.38. The van der Waals surface area contributed by atoms with Crippen molar-refractivity contribution in [2.75, 3.05) is 20.6 Å². The maximum atomic E-state index is 14.5. The van der Waals surface area contributed by atoms with E-state index in [9.17, 15) is 14.0 Å². The van der Waals surface area contributed by atoms with E-state index in [1.165, 1.54) is 17.0 Å². The second-order valence-corrected chi connectivity index (χ2v) is 10.0. The van der Waals surface area contributed by atoms with Gasteiger partial charge in [-0.15, -0.1) is 0 Å². The number of carbonyl (C=O) groups excluding carboxylic acids is 2. The van der Waals surface area contributed by atoms with Gasteiger partial charge >= 0.3 is 0 Å². The predicted octanol–water partition coefficient (Wildman–Crippen LogP) is 3.71. The topological polar surface area (TPSA) is 91.0 Å². The van der Waals surface area contributed by atoms with Gasteiger partial charge in [-0.1, -0.05) is 44.2 Å².